The van der Waals surface area contributed by atoms with Crippen LogP contribution in [0.5, 0.6) is 5.75 Å². The molecule has 0 radical (unpaired) electrons. The highest BCUT2D eigenvalue weighted by molar-refractivity contribution is 5.84. The Morgan fingerprint density at radius 1 is 1.14 bits per heavy atom. The molecule has 5 nitrogen and oxygen atoms in total. The minimum atomic E-state index is 0.656. The fourth-order valence-corrected chi connectivity index (χ4v) is 2.24. The minimum Gasteiger partial charge on any atom is -0.494 e. The number of hydrogen-bond acceptors (Lipinski definition) is 5. The number of benzene rings is 1. The lowest BCUT2D eigenvalue weighted by Crippen LogP contribution is -2.13. The van der Waals surface area contributed by atoms with E-state index in [-0.39, 0.29) is 0 Å². The summed E-state index contributed by atoms with van der Waals surface area (Å²) in [7, 11) is 1.66. The van der Waals surface area contributed by atoms with Gasteiger partial charge in [-0.05, 0) is 19.1 Å². The first-order valence-corrected chi connectivity index (χ1v) is 6.82. The Balaban J connectivity index is 1.72. The van der Waals surface area contributed by atoms with Crippen LogP contribution in [0.2, 0.25) is 0 Å². The van der Waals surface area contributed by atoms with Crippen LogP contribution in [0.4, 0.5) is 0 Å². The molecule has 1 N–H and O–H groups in total. The predicted molar refractivity (Wildman–Crippen MR) is 80.1 cm³/mol. The topological polar surface area (TPSA) is 60.2 Å². The van der Waals surface area contributed by atoms with Gasteiger partial charge in [0.15, 0.2) is 0 Å². The first kappa shape index (κ1) is 13.6. The van der Waals surface area contributed by atoms with Crippen molar-refractivity contribution in [1.82, 2.24) is 15.5 Å². The summed E-state index contributed by atoms with van der Waals surface area (Å²) in [5.41, 5.74) is 2.75. The maximum atomic E-state index is 5.35. The third-order valence-electron chi connectivity index (χ3n) is 3.25. The van der Waals surface area contributed by atoms with Crippen molar-refractivity contribution in [3.63, 3.8) is 0 Å². The predicted octanol–water partition coefficient (Wildman–Crippen LogP) is 2.83. The zero-order chi connectivity index (χ0) is 14.7. The molecular weight excluding hydrogens is 266 g/mol. The molecule has 1 aromatic carbocycles. The molecule has 0 spiro atoms. The zero-order valence-corrected chi connectivity index (χ0v) is 12.1. The lowest BCUT2D eigenvalue weighted by atomic mass is 10.2. The first-order chi connectivity index (χ1) is 10.3. The Kier molecular flexibility index (Phi) is 3.83. The standard InChI is InChI=1S/C16H17N3O2/c1-11-8-14(19-21-11)10-17-9-13-7-6-12-4-3-5-15(20-2)16(12)18-13/h3-8,17H,9-10H2,1-2H3. The molecule has 0 atom stereocenters. The third-order valence-corrected chi connectivity index (χ3v) is 3.25. The van der Waals surface area contributed by atoms with Crippen molar-refractivity contribution in [2.45, 2.75) is 20.0 Å². The number of para-hydroxylation sites is 1. The molecule has 0 aliphatic carbocycles. The third kappa shape index (κ3) is 3.03. The summed E-state index contributed by atoms with van der Waals surface area (Å²) >= 11 is 0. The molecule has 0 amide bonds. The Labute approximate surface area is 122 Å². The van der Waals surface area contributed by atoms with Crippen LogP contribution in [-0.2, 0) is 13.1 Å². The molecular formula is C16H17N3O2. The zero-order valence-electron chi connectivity index (χ0n) is 12.1. The summed E-state index contributed by atoms with van der Waals surface area (Å²) in [4.78, 5) is 4.65. The molecule has 2 heterocycles. The van der Waals surface area contributed by atoms with Gasteiger partial charge < -0.3 is 14.6 Å². The summed E-state index contributed by atoms with van der Waals surface area (Å²) in [5.74, 6) is 1.61. The summed E-state index contributed by atoms with van der Waals surface area (Å²) in [5, 5.41) is 8.33. The number of ether oxygens (including phenoxy) is 1. The van der Waals surface area contributed by atoms with Gasteiger partial charge in [0.2, 0.25) is 0 Å². The molecule has 0 saturated heterocycles. The highest BCUT2D eigenvalue weighted by Gasteiger charge is 2.05. The van der Waals surface area contributed by atoms with Crippen LogP contribution in [0.15, 0.2) is 40.9 Å². The van der Waals surface area contributed by atoms with E-state index in [2.05, 4.69) is 21.5 Å². The van der Waals surface area contributed by atoms with Gasteiger partial charge in [0, 0.05) is 24.5 Å². The SMILES string of the molecule is COc1cccc2ccc(CNCc3cc(C)on3)nc12. The number of aromatic nitrogens is 2. The van der Waals surface area contributed by atoms with Gasteiger partial charge in [-0.2, -0.15) is 0 Å². The summed E-state index contributed by atoms with van der Waals surface area (Å²) in [6, 6.07) is 11.9. The molecule has 3 rings (SSSR count). The molecule has 3 aromatic rings. The maximum absolute atomic E-state index is 5.35. The van der Waals surface area contributed by atoms with E-state index in [0.717, 1.165) is 33.8 Å². The molecule has 21 heavy (non-hydrogen) atoms. The number of rotatable bonds is 5. The molecule has 108 valence electrons. The Morgan fingerprint density at radius 2 is 2.00 bits per heavy atom. The van der Waals surface area contributed by atoms with E-state index < -0.39 is 0 Å². The van der Waals surface area contributed by atoms with Crippen molar-refractivity contribution in [3.05, 3.63) is 53.5 Å². The lowest BCUT2D eigenvalue weighted by molar-refractivity contribution is 0.388. The van der Waals surface area contributed by atoms with Crippen LogP contribution < -0.4 is 10.1 Å². The van der Waals surface area contributed by atoms with Crippen molar-refractivity contribution in [1.29, 1.82) is 0 Å². The van der Waals surface area contributed by atoms with Crippen LogP contribution in [0.1, 0.15) is 17.1 Å². The summed E-state index contributed by atoms with van der Waals surface area (Å²) in [6.45, 7) is 3.20. The molecule has 0 unspecified atom stereocenters. The largest absolute Gasteiger partial charge is 0.494 e. The number of nitrogens with one attached hydrogen (secondary N) is 1. The second-order valence-electron chi connectivity index (χ2n) is 4.87. The molecule has 5 heteroatoms. The van der Waals surface area contributed by atoms with Crippen LogP contribution in [0, 0.1) is 6.92 Å². The van der Waals surface area contributed by atoms with E-state index in [1.165, 1.54) is 0 Å². The maximum Gasteiger partial charge on any atom is 0.145 e. The molecule has 0 aliphatic rings. The second kappa shape index (κ2) is 5.93. The van der Waals surface area contributed by atoms with E-state index in [1.54, 1.807) is 7.11 Å². The Morgan fingerprint density at radius 3 is 2.76 bits per heavy atom. The van der Waals surface area contributed by atoms with Gasteiger partial charge in [-0.15, -0.1) is 0 Å². The summed E-state index contributed by atoms with van der Waals surface area (Å²) in [6.07, 6.45) is 0. The molecule has 0 fully saturated rings. The van der Waals surface area contributed by atoms with Crippen LogP contribution in [0.3, 0.4) is 0 Å². The van der Waals surface area contributed by atoms with Gasteiger partial charge in [-0.3, -0.25) is 0 Å². The normalized spacial score (nSPS) is 11.0. The average molecular weight is 283 g/mol. The van der Waals surface area contributed by atoms with E-state index in [4.69, 9.17) is 9.26 Å². The van der Waals surface area contributed by atoms with Gasteiger partial charge in [-0.25, -0.2) is 4.98 Å². The van der Waals surface area contributed by atoms with Crippen LogP contribution in [-0.4, -0.2) is 17.3 Å². The fraction of sp³-hybridized carbons (Fsp3) is 0.250. The van der Waals surface area contributed by atoms with E-state index in [9.17, 15) is 0 Å². The van der Waals surface area contributed by atoms with Crippen molar-refractivity contribution in [3.8, 4) is 5.75 Å². The van der Waals surface area contributed by atoms with Gasteiger partial charge in [-0.1, -0.05) is 23.4 Å². The van der Waals surface area contributed by atoms with E-state index in [1.807, 2.05) is 37.3 Å². The van der Waals surface area contributed by atoms with Crippen molar-refractivity contribution < 1.29 is 9.26 Å². The Bertz CT molecular complexity index is 752. The van der Waals surface area contributed by atoms with Crippen LogP contribution >= 0.6 is 0 Å². The highest BCUT2D eigenvalue weighted by Crippen LogP contribution is 2.23. The minimum absolute atomic E-state index is 0.656. The van der Waals surface area contributed by atoms with Gasteiger partial charge >= 0.3 is 0 Å². The van der Waals surface area contributed by atoms with E-state index in [0.29, 0.717) is 13.1 Å². The quantitative estimate of drug-likeness (QED) is 0.780. The van der Waals surface area contributed by atoms with E-state index >= 15 is 0 Å². The number of nitrogens with zero attached hydrogens (tertiary/aromatic N) is 2. The summed E-state index contributed by atoms with van der Waals surface area (Å²) < 4.78 is 10.4. The van der Waals surface area contributed by atoms with Gasteiger partial charge in [0.25, 0.3) is 0 Å². The Hall–Kier alpha value is -2.40. The van der Waals surface area contributed by atoms with Crippen molar-refractivity contribution >= 4 is 10.9 Å². The van der Waals surface area contributed by atoms with Crippen molar-refractivity contribution in [2.75, 3.05) is 7.11 Å². The lowest BCUT2D eigenvalue weighted by Gasteiger charge is -2.07. The number of fused-ring (bicyclic) bond motifs is 1. The molecule has 0 bridgehead atoms. The molecule has 0 aliphatic heterocycles. The highest BCUT2D eigenvalue weighted by atomic mass is 16.5. The number of pyridine rings is 1. The first-order valence-electron chi connectivity index (χ1n) is 6.82. The van der Waals surface area contributed by atoms with Crippen molar-refractivity contribution in [2.24, 2.45) is 0 Å². The number of hydrogen-bond donors (Lipinski definition) is 1. The molecule has 2 aromatic heterocycles. The fourth-order valence-electron chi connectivity index (χ4n) is 2.24. The monoisotopic (exact) mass is 283 g/mol. The number of aryl methyl sites for hydroxylation is 1. The number of methoxy groups -OCH3 is 1. The smallest absolute Gasteiger partial charge is 0.145 e. The second-order valence-corrected chi connectivity index (χ2v) is 4.87. The van der Waals surface area contributed by atoms with Crippen LogP contribution in [0.25, 0.3) is 10.9 Å². The van der Waals surface area contributed by atoms with Gasteiger partial charge in [0.1, 0.15) is 17.0 Å². The average Bonchev–Trinajstić information content (AvgIpc) is 2.92. The molecule has 0 saturated carbocycles. The van der Waals surface area contributed by atoms with Gasteiger partial charge in [0.05, 0.1) is 18.5 Å².